The molecule has 4 nitrogen and oxygen atoms in total. The number of nitrogens with zero attached hydrogens (tertiary/aromatic N) is 4. The first kappa shape index (κ1) is 31.2. The molecule has 1 atom stereocenters. The van der Waals surface area contributed by atoms with Crippen LogP contribution in [-0.2, 0) is 5.41 Å². The highest BCUT2D eigenvalue weighted by molar-refractivity contribution is 6.11. The van der Waals surface area contributed by atoms with Gasteiger partial charge >= 0.3 is 0 Å². The van der Waals surface area contributed by atoms with E-state index in [0.717, 1.165) is 40.2 Å². The predicted octanol–water partition coefficient (Wildman–Crippen LogP) is 12.2. The van der Waals surface area contributed by atoms with Crippen LogP contribution in [0.25, 0.3) is 61.4 Å². The van der Waals surface area contributed by atoms with Crippen LogP contribution in [-0.4, -0.2) is 20.6 Å². The van der Waals surface area contributed by atoms with E-state index in [4.69, 9.17) is 9.97 Å². The molecule has 8 aromatic rings. The van der Waals surface area contributed by atoms with E-state index in [1.165, 1.54) is 44.3 Å². The molecule has 0 spiro atoms. The van der Waals surface area contributed by atoms with Gasteiger partial charge in [0.05, 0.1) is 28.5 Å². The SMILES string of the molecule is CC1(C)c2ccccc2N(C2C=CC=CC2)c2cc3c(cc21)c1ccccc1n3-c1ccc(-c2nc(-c3ccccc3)cc(-c3ccccc3)n2)cc1. The number of benzene rings is 6. The van der Waals surface area contributed by atoms with Gasteiger partial charge in [0.2, 0.25) is 0 Å². The molecule has 2 aromatic heterocycles. The number of rotatable bonds is 5. The number of anilines is 2. The van der Waals surface area contributed by atoms with Gasteiger partial charge in [-0.1, -0.05) is 135 Å². The Kier molecular flexibility index (Phi) is 7.26. The highest BCUT2D eigenvalue weighted by Crippen LogP contribution is 2.52. The van der Waals surface area contributed by atoms with Crippen molar-refractivity contribution in [2.75, 3.05) is 4.90 Å². The molecule has 0 bridgehead atoms. The van der Waals surface area contributed by atoms with E-state index in [0.29, 0.717) is 5.82 Å². The summed E-state index contributed by atoms with van der Waals surface area (Å²) in [6.45, 7) is 4.75. The van der Waals surface area contributed by atoms with Crippen LogP contribution in [0.15, 0.2) is 176 Å². The van der Waals surface area contributed by atoms with E-state index in [1.807, 2.05) is 12.1 Å². The molecule has 254 valence electrons. The van der Waals surface area contributed by atoms with E-state index in [2.05, 4.69) is 187 Å². The Morgan fingerprint density at radius 2 is 1.21 bits per heavy atom. The highest BCUT2D eigenvalue weighted by Gasteiger charge is 2.39. The molecular formula is C49H38N4. The fourth-order valence-corrected chi connectivity index (χ4v) is 8.44. The molecule has 10 rings (SSSR count). The number of para-hydroxylation sites is 2. The minimum absolute atomic E-state index is 0.164. The summed E-state index contributed by atoms with van der Waals surface area (Å²) in [6, 6.07) is 54.5. The lowest BCUT2D eigenvalue weighted by Crippen LogP contribution is -2.38. The monoisotopic (exact) mass is 682 g/mol. The molecule has 53 heavy (non-hydrogen) atoms. The maximum absolute atomic E-state index is 5.09. The topological polar surface area (TPSA) is 34.0 Å². The summed E-state index contributed by atoms with van der Waals surface area (Å²) in [5, 5.41) is 2.52. The molecule has 1 unspecified atom stereocenters. The largest absolute Gasteiger partial charge is 0.334 e. The molecule has 0 amide bonds. The third-order valence-electron chi connectivity index (χ3n) is 11.1. The first-order valence-electron chi connectivity index (χ1n) is 18.4. The lowest BCUT2D eigenvalue weighted by molar-refractivity contribution is 0.615. The van der Waals surface area contributed by atoms with Crippen LogP contribution in [0.1, 0.15) is 31.4 Å². The van der Waals surface area contributed by atoms with Crippen molar-refractivity contribution in [3.05, 3.63) is 187 Å². The van der Waals surface area contributed by atoms with Crippen molar-refractivity contribution in [3.63, 3.8) is 0 Å². The van der Waals surface area contributed by atoms with Crippen molar-refractivity contribution in [3.8, 4) is 39.6 Å². The molecule has 1 aliphatic carbocycles. The predicted molar refractivity (Wildman–Crippen MR) is 220 cm³/mol. The van der Waals surface area contributed by atoms with Crippen molar-refractivity contribution in [1.82, 2.24) is 14.5 Å². The van der Waals surface area contributed by atoms with Gasteiger partial charge in [-0.2, -0.15) is 0 Å². The van der Waals surface area contributed by atoms with Gasteiger partial charge in [-0.3, -0.25) is 0 Å². The van der Waals surface area contributed by atoms with E-state index in [-0.39, 0.29) is 11.5 Å². The second-order valence-electron chi connectivity index (χ2n) is 14.6. The minimum Gasteiger partial charge on any atom is -0.334 e. The average Bonchev–Trinajstić information content (AvgIpc) is 3.55. The van der Waals surface area contributed by atoms with E-state index >= 15 is 0 Å². The molecule has 4 heteroatoms. The first-order valence-corrected chi connectivity index (χ1v) is 18.4. The smallest absolute Gasteiger partial charge is 0.160 e. The molecule has 2 aliphatic rings. The summed E-state index contributed by atoms with van der Waals surface area (Å²) in [5.41, 5.74) is 13.5. The lowest BCUT2D eigenvalue weighted by Gasteiger charge is -2.45. The number of aromatic nitrogens is 3. The van der Waals surface area contributed by atoms with Gasteiger partial charge in [0.15, 0.2) is 5.82 Å². The van der Waals surface area contributed by atoms with Gasteiger partial charge in [-0.25, -0.2) is 9.97 Å². The molecule has 0 fully saturated rings. The number of fused-ring (bicyclic) bond motifs is 5. The van der Waals surface area contributed by atoms with Crippen LogP contribution in [0.3, 0.4) is 0 Å². The zero-order valence-corrected chi connectivity index (χ0v) is 29.8. The van der Waals surface area contributed by atoms with Gasteiger partial charge in [0.1, 0.15) is 0 Å². The number of hydrogen-bond donors (Lipinski definition) is 0. The van der Waals surface area contributed by atoms with Crippen LogP contribution in [0.4, 0.5) is 11.4 Å². The van der Waals surface area contributed by atoms with E-state index < -0.39 is 0 Å². The van der Waals surface area contributed by atoms with Crippen molar-refractivity contribution < 1.29 is 0 Å². The zero-order chi connectivity index (χ0) is 35.5. The van der Waals surface area contributed by atoms with Crippen LogP contribution < -0.4 is 4.90 Å². The first-order chi connectivity index (χ1) is 26.0. The van der Waals surface area contributed by atoms with E-state index in [9.17, 15) is 0 Å². The third kappa shape index (κ3) is 5.13. The van der Waals surface area contributed by atoms with Crippen molar-refractivity contribution in [1.29, 1.82) is 0 Å². The minimum atomic E-state index is -0.164. The zero-order valence-electron chi connectivity index (χ0n) is 29.8. The summed E-state index contributed by atoms with van der Waals surface area (Å²) in [4.78, 5) is 12.8. The summed E-state index contributed by atoms with van der Waals surface area (Å²) >= 11 is 0. The Morgan fingerprint density at radius 3 is 1.91 bits per heavy atom. The summed E-state index contributed by atoms with van der Waals surface area (Å²) in [7, 11) is 0. The Morgan fingerprint density at radius 1 is 0.547 bits per heavy atom. The Labute approximate surface area is 310 Å². The Balaban J connectivity index is 1.14. The van der Waals surface area contributed by atoms with E-state index in [1.54, 1.807) is 0 Å². The molecule has 3 heterocycles. The molecule has 0 saturated heterocycles. The second-order valence-corrected chi connectivity index (χ2v) is 14.6. The number of hydrogen-bond acceptors (Lipinski definition) is 3. The normalized spacial score (nSPS) is 15.8. The van der Waals surface area contributed by atoms with Gasteiger partial charge < -0.3 is 9.47 Å². The Hall–Kier alpha value is -6.52. The number of allylic oxidation sites excluding steroid dienone is 2. The molecule has 0 radical (unpaired) electrons. The maximum atomic E-state index is 5.09. The standard InChI is InChI=1S/C49H38N4/c1-49(2)40-23-13-15-25-45(40)53(36-20-10-5-11-21-36)47-32-46-39(30-41(47)49)38-22-12-14-24-44(38)52(46)37-28-26-35(27-29-37)48-50-42(33-16-6-3-7-17-33)31-43(51-48)34-18-8-4-9-19-34/h3-20,22-32,36H,21H2,1-2H3. The maximum Gasteiger partial charge on any atom is 0.160 e. The quantitative estimate of drug-likeness (QED) is 0.181. The molecule has 0 N–H and O–H groups in total. The summed E-state index contributed by atoms with van der Waals surface area (Å²) in [6.07, 6.45) is 9.94. The molecule has 1 aliphatic heterocycles. The van der Waals surface area contributed by atoms with Gasteiger partial charge in [0.25, 0.3) is 0 Å². The summed E-state index contributed by atoms with van der Waals surface area (Å²) in [5.74, 6) is 0.708. The molecule has 0 saturated carbocycles. The van der Waals surface area contributed by atoms with Crippen LogP contribution in [0.2, 0.25) is 0 Å². The molecule has 6 aromatic carbocycles. The average molecular weight is 683 g/mol. The van der Waals surface area contributed by atoms with Crippen molar-refractivity contribution >= 4 is 33.2 Å². The lowest BCUT2D eigenvalue weighted by atomic mass is 9.73. The summed E-state index contributed by atoms with van der Waals surface area (Å²) < 4.78 is 2.42. The van der Waals surface area contributed by atoms with Crippen LogP contribution in [0.5, 0.6) is 0 Å². The Bertz CT molecular complexity index is 2660. The van der Waals surface area contributed by atoms with Crippen LogP contribution in [0, 0.1) is 0 Å². The highest BCUT2D eigenvalue weighted by atomic mass is 15.2. The second kappa shape index (κ2) is 12.3. The fraction of sp³-hybridized carbons (Fsp3) is 0.102. The fourth-order valence-electron chi connectivity index (χ4n) is 8.44. The van der Waals surface area contributed by atoms with Crippen LogP contribution >= 0.6 is 0 Å². The van der Waals surface area contributed by atoms with Crippen molar-refractivity contribution in [2.45, 2.75) is 31.7 Å². The molecular weight excluding hydrogens is 645 g/mol. The van der Waals surface area contributed by atoms with Gasteiger partial charge in [-0.15, -0.1) is 0 Å². The van der Waals surface area contributed by atoms with Gasteiger partial charge in [-0.05, 0) is 72.1 Å². The van der Waals surface area contributed by atoms with Gasteiger partial charge in [0, 0.05) is 49.9 Å². The third-order valence-corrected chi connectivity index (χ3v) is 11.1. The van der Waals surface area contributed by atoms with Crippen molar-refractivity contribution in [2.24, 2.45) is 0 Å².